The predicted octanol–water partition coefficient (Wildman–Crippen LogP) is 6.35. The third-order valence-electron chi connectivity index (χ3n) is 5.36. The van der Waals surface area contributed by atoms with Crippen molar-refractivity contribution < 1.29 is 18.9 Å². The van der Waals surface area contributed by atoms with Crippen LogP contribution in [0.4, 0.5) is 0 Å². The highest BCUT2D eigenvalue weighted by Gasteiger charge is 2.12. The quantitative estimate of drug-likeness (QED) is 0.320. The van der Waals surface area contributed by atoms with Crippen LogP contribution in [0.3, 0.4) is 0 Å². The molecule has 0 atom stereocenters. The molecule has 0 aliphatic heterocycles. The second-order valence-corrected chi connectivity index (χ2v) is 7.44. The van der Waals surface area contributed by atoms with Gasteiger partial charge in [0, 0.05) is 29.6 Å². The van der Waals surface area contributed by atoms with Crippen LogP contribution in [0, 0.1) is 0 Å². The first-order chi connectivity index (χ1) is 16.1. The molecule has 1 aromatic heterocycles. The van der Waals surface area contributed by atoms with Gasteiger partial charge in [-0.25, -0.2) is 0 Å². The molecule has 0 unspecified atom stereocenters. The van der Waals surface area contributed by atoms with Gasteiger partial charge in [-0.05, 0) is 53.6 Å². The van der Waals surface area contributed by atoms with E-state index in [9.17, 15) is 0 Å². The number of benzene rings is 3. The van der Waals surface area contributed by atoms with E-state index in [1.165, 1.54) is 0 Å². The minimum absolute atomic E-state index is 0.741. The van der Waals surface area contributed by atoms with E-state index in [0.717, 1.165) is 51.1 Å². The summed E-state index contributed by atoms with van der Waals surface area (Å²) in [6, 6.07) is 24.1. The van der Waals surface area contributed by atoms with E-state index in [4.69, 9.17) is 18.9 Å². The van der Waals surface area contributed by atoms with Gasteiger partial charge in [-0.3, -0.25) is 0 Å². The second-order valence-electron chi connectivity index (χ2n) is 7.44. The summed E-state index contributed by atoms with van der Waals surface area (Å²) in [4.78, 5) is 0. The molecule has 0 aliphatic rings. The number of nitrogens with zero attached hydrogens (tertiary/aromatic N) is 1. The fourth-order valence-electron chi connectivity index (χ4n) is 3.67. The smallest absolute Gasteiger partial charge is 0.123 e. The molecule has 0 spiro atoms. The Hall–Kier alpha value is -4.12. The van der Waals surface area contributed by atoms with E-state index in [1.54, 1.807) is 28.4 Å². The molecule has 4 aromatic rings. The number of hydrogen-bond acceptors (Lipinski definition) is 4. The minimum Gasteiger partial charge on any atom is -0.497 e. The van der Waals surface area contributed by atoms with Crippen molar-refractivity contribution in [3.63, 3.8) is 0 Å². The zero-order valence-corrected chi connectivity index (χ0v) is 19.2. The highest BCUT2D eigenvalue weighted by molar-refractivity contribution is 5.76. The highest BCUT2D eigenvalue weighted by Crippen LogP contribution is 2.33. The summed E-state index contributed by atoms with van der Waals surface area (Å²) in [7, 11) is 6.62. The molecule has 0 saturated heterocycles. The maximum atomic E-state index is 5.49. The van der Waals surface area contributed by atoms with Crippen molar-refractivity contribution in [1.82, 2.24) is 4.57 Å². The Morgan fingerprint density at radius 2 is 1.09 bits per heavy atom. The van der Waals surface area contributed by atoms with Crippen LogP contribution in [0.25, 0.3) is 29.1 Å². The molecule has 33 heavy (non-hydrogen) atoms. The van der Waals surface area contributed by atoms with Gasteiger partial charge in [-0.15, -0.1) is 0 Å². The van der Waals surface area contributed by atoms with Gasteiger partial charge in [0.25, 0.3) is 0 Å². The van der Waals surface area contributed by atoms with E-state index in [1.807, 2.05) is 60.7 Å². The van der Waals surface area contributed by atoms with Gasteiger partial charge in [0.05, 0.1) is 34.1 Å². The molecule has 5 nitrogen and oxygen atoms in total. The molecule has 0 saturated carbocycles. The molecule has 1 heterocycles. The molecule has 4 rings (SSSR count). The van der Waals surface area contributed by atoms with E-state index in [0.29, 0.717) is 0 Å². The van der Waals surface area contributed by atoms with Crippen LogP contribution < -0.4 is 18.9 Å². The van der Waals surface area contributed by atoms with Crippen LogP contribution in [-0.2, 0) is 0 Å². The lowest BCUT2D eigenvalue weighted by atomic mass is 10.1. The number of ether oxygens (including phenoxy) is 4. The summed E-state index contributed by atoms with van der Waals surface area (Å²) in [6.45, 7) is 0. The standard InChI is InChI=1S/C28H27NO4/c1-30-24-12-20(13-25(17-24)31-2)10-11-21-14-28(29(19-21)23-8-6-5-7-9-23)22-15-26(32-3)18-27(16-22)33-4/h5-19H,1-4H3. The largest absolute Gasteiger partial charge is 0.497 e. The maximum absolute atomic E-state index is 5.49. The molecule has 0 aliphatic carbocycles. The van der Waals surface area contributed by atoms with E-state index < -0.39 is 0 Å². The topological polar surface area (TPSA) is 41.9 Å². The van der Waals surface area contributed by atoms with Crippen LogP contribution in [0.1, 0.15) is 11.1 Å². The van der Waals surface area contributed by atoms with Crippen LogP contribution in [-0.4, -0.2) is 33.0 Å². The summed E-state index contributed by atoms with van der Waals surface area (Å²) in [5.41, 5.74) is 5.14. The molecular formula is C28H27NO4. The Bertz CT molecular complexity index is 1210. The van der Waals surface area contributed by atoms with Gasteiger partial charge < -0.3 is 23.5 Å². The number of hydrogen-bond donors (Lipinski definition) is 0. The number of methoxy groups -OCH3 is 4. The highest BCUT2D eigenvalue weighted by atomic mass is 16.5. The molecule has 168 valence electrons. The van der Waals surface area contributed by atoms with Gasteiger partial charge in [-0.1, -0.05) is 30.4 Å². The first-order valence-corrected chi connectivity index (χ1v) is 10.6. The van der Waals surface area contributed by atoms with Gasteiger partial charge in [0.1, 0.15) is 23.0 Å². The number of aromatic nitrogens is 1. The first-order valence-electron chi connectivity index (χ1n) is 10.6. The van der Waals surface area contributed by atoms with Crippen LogP contribution >= 0.6 is 0 Å². The molecular weight excluding hydrogens is 414 g/mol. The molecule has 0 amide bonds. The third kappa shape index (κ3) is 5.04. The third-order valence-corrected chi connectivity index (χ3v) is 5.36. The van der Waals surface area contributed by atoms with Gasteiger partial charge in [-0.2, -0.15) is 0 Å². The van der Waals surface area contributed by atoms with Crippen LogP contribution in [0.5, 0.6) is 23.0 Å². The fraction of sp³-hybridized carbons (Fsp3) is 0.143. The minimum atomic E-state index is 0.741. The van der Waals surface area contributed by atoms with Crippen LogP contribution in [0.15, 0.2) is 79.0 Å². The summed E-state index contributed by atoms with van der Waals surface area (Å²) in [6.07, 6.45) is 6.24. The van der Waals surface area contributed by atoms with Crippen molar-refractivity contribution in [2.45, 2.75) is 0 Å². The normalized spacial score (nSPS) is 10.9. The molecule has 0 bridgehead atoms. The maximum Gasteiger partial charge on any atom is 0.123 e. The summed E-state index contributed by atoms with van der Waals surface area (Å²) in [5.74, 6) is 2.98. The van der Waals surface area contributed by atoms with Crippen molar-refractivity contribution in [3.05, 3.63) is 90.1 Å². The molecule has 0 fully saturated rings. The Labute approximate surface area is 194 Å². The fourth-order valence-corrected chi connectivity index (χ4v) is 3.67. The lowest BCUT2D eigenvalue weighted by molar-refractivity contribution is 0.394. The van der Waals surface area contributed by atoms with Gasteiger partial charge in [0.2, 0.25) is 0 Å². The second kappa shape index (κ2) is 10.0. The lowest BCUT2D eigenvalue weighted by Crippen LogP contribution is -1.96. The SMILES string of the molecule is COc1cc(C=Cc2cc(-c3cc(OC)cc(OC)c3)n(-c3ccccc3)c2)cc(OC)c1. The average Bonchev–Trinajstić information content (AvgIpc) is 3.31. The zero-order valence-electron chi connectivity index (χ0n) is 19.2. The van der Waals surface area contributed by atoms with E-state index >= 15 is 0 Å². The molecule has 0 N–H and O–H groups in total. The lowest BCUT2D eigenvalue weighted by Gasteiger charge is -2.12. The Kier molecular flexibility index (Phi) is 6.69. The van der Waals surface area contributed by atoms with Crippen molar-refractivity contribution >= 4 is 12.2 Å². The van der Waals surface area contributed by atoms with Gasteiger partial charge in [0.15, 0.2) is 0 Å². The van der Waals surface area contributed by atoms with Crippen molar-refractivity contribution in [1.29, 1.82) is 0 Å². The van der Waals surface area contributed by atoms with Crippen molar-refractivity contribution in [2.75, 3.05) is 28.4 Å². The number of para-hydroxylation sites is 1. The Balaban J connectivity index is 1.79. The van der Waals surface area contributed by atoms with Crippen LogP contribution in [0.2, 0.25) is 0 Å². The molecule has 5 heteroatoms. The van der Waals surface area contributed by atoms with Gasteiger partial charge >= 0.3 is 0 Å². The first kappa shape index (κ1) is 22.1. The molecule has 3 aromatic carbocycles. The predicted molar refractivity (Wildman–Crippen MR) is 133 cm³/mol. The number of rotatable bonds is 8. The zero-order chi connectivity index (χ0) is 23.2. The monoisotopic (exact) mass is 441 g/mol. The molecule has 0 radical (unpaired) electrons. The Morgan fingerprint density at radius 3 is 1.64 bits per heavy atom. The van der Waals surface area contributed by atoms with Crippen molar-refractivity contribution in [2.24, 2.45) is 0 Å². The van der Waals surface area contributed by atoms with E-state index in [2.05, 4.69) is 35.0 Å². The Morgan fingerprint density at radius 1 is 0.576 bits per heavy atom. The van der Waals surface area contributed by atoms with E-state index in [-0.39, 0.29) is 0 Å². The van der Waals surface area contributed by atoms with Crippen molar-refractivity contribution in [3.8, 4) is 39.9 Å². The summed E-state index contributed by atoms with van der Waals surface area (Å²) >= 11 is 0. The summed E-state index contributed by atoms with van der Waals surface area (Å²) in [5, 5.41) is 0. The average molecular weight is 442 g/mol. The summed E-state index contributed by atoms with van der Waals surface area (Å²) < 4.78 is 23.9.